The van der Waals surface area contributed by atoms with Crippen molar-refractivity contribution in [3.8, 4) is 5.75 Å². The van der Waals surface area contributed by atoms with Crippen molar-refractivity contribution in [2.24, 2.45) is 5.73 Å². The molecule has 0 spiro atoms. The highest BCUT2D eigenvalue weighted by Crippen LogP contribution is 2.17. The van der Waals surface area contributed by atoms with E-state index in [1.54, 1.807) is 18.2 Å². The number of thiocarbonyl (C=S) groups is 1. The number of amides is 1. The molecule has 0 heterocycles. The number of carbonyl (C=O) groups excluding carboxylic acids is 1. The number of para-hydroxylation sites is 1. The van der Waals surface area contributed by atoms with Gasteiger partial charge in [0.05, 0.1) is 11.7 Å². The van der Waals surface area contributed by atoms with E-state index in [-0.39, 0.29) is 23.6 Å². The van der Waals surface area contributed by atoms with Crippen LogP contribution in [0, 0.1) is 0 Å². The molecule has 1 atom stereocenters. The zero-order valence-corrected chi connectivity index (χ0v) is 12.5. The molecule has 0 aliphatic carbocycles. The quantitative estimate of drug-likeness (QED) is 0.706. The Bertz CT molecular complexity index is 465. The Balaban J connectivity index is 2.43. The summed E-state index contributed by atoms with van der Waals surface area (Å²) >= 11 is 4.92. The molecule has 3 N–H and O–H groups in total. The molecule has 1 unspecified atom stereocenters. The normalized spacial score (nSPS) is 11.7. The summed E-state index contributed by atoms with van der Waals surface area (Å²) in [6.45, 7) is 4.79. The van der Waals surface area contributed by atoms with E-state index in [1.165, 1.54) is 0 Å². The molecule has 0 aliphatic rings. The summed E-state index contributed by atoms with van der Waals surface area (Å²) in [5, 5.41) is 2.73. The topological polar surface area (TPSA) is 73.6 Å². The molecule has 0 aromatic heterocycles. The minimum absolute atomic E-state index is 0.0205. The maximum atomic E-state index is 11.7. The van der Waals surface area contributed by atoms with Crippen molar-refractivity contribution >= 4 is 23.1 Å². The summed E-state index contributed by atoms with van der Waals surface area (Å²) in [7, 11) is 0. The van der Waals surface area contributed by atoms with Gasteiger partial charge in [-0.2, -0.15) is 0 Å². The van der Waals surface area contributed by atoms with Gasteiger partial charge in [-0.1, -0.05) is 24.4 Å². The van der Waals surface area contributed by atoms with Gasteiger partial charge < -0.3 is 20.5 Å². The number of hydrogen-bond acceptors (Lipinski definition) is 4. The summed E-state index contributed by atoms with van der Waals surface area (Å²) in [4.78, 5) is 11.9. The Morgan fingerprint density at radius 2 is 2.15 bits per heavy atom. The van der Waals surface area contributed by atoms with Gasteiger partial charge in [0.1, 0.15) is 10.7 Å². The SMILES string of the molecule is CCOC(C)CNC(=O)COc1ccccc1C(N)=S. The molecule has 1 amide bonds. The summed E-state index contributed by atoms with van der Waals surface area (Å²) in [5.74, 6) is 0.294. The summed E-state index contributed by atoms with van der Waals surface area (Å²) < 4.78 is 10.7. The Kier molecular flexibility index (Phi) is 6.97. The Morgan fingerprint density at radius 1 is 1.45 bits per heavy atom. The van der Waals surface area contributed by atoms with Crippen LogP contribution >= 0.6 is 12.2 Å². The minimum Gasteiger partial charge on any atom is -0.483 e. The lowest BCUT2D eigenvalue weighted by molar-refractivity contribution is -0.123. The van der Waals surface area contributed by atoms with Crippen molar-refractivity contribution in [2.45, 2.75) is 20.0 Å². The van der Waals surface area contributed by atoms with Gasteiger partial charge in [-0.05, 0) is 26.0 Å². The number of hydrogen-bond donors (Lipinski definition) is 2. The van der Waals surface area contributed by atoms with Crippen LogP contribution < -0.4 is 15.8 Å². The van der Waals surface area contributed by atoms with Crippen molar-refractivity contribution in [1.82, 2.24) is 5.32 Å². The third-order valence-corrected chi connectivity index (χ3v) is 2.77. The molecule has 0 radical (unpaired) electrons. The maximum Gasteiger partial charge on any atom is 0.258 e. The van der Waals surface area contributed by atoms with E-state index in [0.717, 1.165) is 0 Å². The second-order valence-corrected chi connectivity index (χ2v) is 4.66. The highest BCUT2D eigenvalue weighted by molar-refractivity contribution is 7.80. The average molecular weight is 296 g/mol. The van der Waals surface area contributed by atoms with Crippen molar-refractivity contribution in [3.63, 3.8) is 0 Å². The first-order valence-corrected chi connectivity index (χ1v) is 6.85. The van der Waals surface area contributed by atoms with E-state index in [4.69, 9.17) is 27.4 Å². The maximum absolute atomic E-state index is 11.7. The van der Waals surface area contributed by atoms with Gasteiger partial charge in [-0.15, -0.1) is 0 Å². The van der Waals surface area contributed by atoms with Crippen LogP contribution in [0.25, 0.3) is 0 Å². The molecule has 0 fully saturated rings. The number of nitrogens with one attached hydrogen (secondary N) is 1. The molecule has 20 heavy (non-hydrogen) atoms. The van der Waals surface area contributed by atoms with Gasteiger partial charge in [-0.25, -0.2) is 0 Å². The van der Waals surface area contributed by atoms with Gasteiger partial charge in [0.2, 0.25) is 0 Å². The molecule has 0 saturated carbocycles. The standard InChI is InChI=1S/C14H20N2O3S/c1-3-18-10(2)8-16-13(17)9-19-12-7-5-4-6-11(12)14(15)20/h4-7,10H,3,8-9H2,1-2H3,(H2,15,20)(H,16,17). The van der Waals surface area contributed by atoms with E-state index >= 15 is 0 Å². The molecule has 1 aromatic rings. The van der Waals surface area contributed by atoms with Crippen LogP contribution in [-0.4, -0.2) is 36.8 Å². The Morgan fingerprint density at radius 3 is 2.80 bits per heavy atom. The number of ether oxygens (including phenoxy) is 2. The van der Waals surface area contributed by atoms with Crippen LogP contribution in [0.3, 0.4) is 0 Å². The van der Waals surface area contributed by atoms with Crippen LogP contribution in [0.5, 0.6) is 5.75 Å². The van der Waals surface area contributed by atoms with Gasteiger partial charge >= 0.3 is 0 Å². The second-order valence-electron chi connectivity index (χ2n) is 4.22. The molecule has 1 rings (SSSR count). The fraction of sp³-hybridized carbons (Fsp3) is 0.429. The average Bonchev–Trinajstić information content (AvgIpc) is 2.43. The van der Waals surface area contributed by atoms with Crippen molar-refractivity contribution in [3.05, 3.63) is 29.8 Å². The van der Waals surface area contributed by atoms with Gasteiger partial charge in [-0.3, -0.25) is 4.79 Å². The van der Waals surface area contributed by atoms with E-state index in [1.807, 2.05) is 19.9 Å². The molecule has 0 aliphatic heterocycles. The first-order chi connectivity index (χ1) is 9.54. The van der Waals surface area contributed by atoms with Gasteiger partial charge in [0, 0.05) is 13.2 Å². The van der Waals surface area contributed by atoms with Crippen LogP contribution in [0.1, 0.15) is 19.4 Å². The lowest BCUT2D eigenvalue weighted by atomic mass is 10.2. The minimum atomic E-state index is -0.214. The van der Waals surface area contributed by atoms with E-state index < -0.39 is 0 Å². The Labute approximate surface area is 124 Å². The number of carbonyl (C=O) groups is 1. The fourth-order valence-electron chi connectivity index (χ4n) is 1.59. The van der Waals surface area contributed by atoms with Crippen LogP contribution in [0.4, 0.5) is 0 Å². The lowest BCUT2D eigenvalue weighted by Crippen LogP contribution is -2.35. The highest BCUT2D eigenvalue weighted by atomic mass is 32.1. The first kappa shape index (κ1) is 16.4. The summed E-state index contributed by atoms with van der Waals surface area (Å²) in [6.07, 6.45) is -0.0205. The smallest absolute Gasteiger partial charge is 0.258 e. The van der Waals surface area contributed by atoms with Crippen LogP contribution in [-0.2, 0) is 9.53 Å². The van der Waals surface area contributed by atoms with Crippen LogP contribution in [0.15, 0.2) is 24.3 Å². The van der Waals surface area contributed by atoms with Crippen LogP contribution in [0.2, 0.25) is 0 Å². The molecule has 110 valence electrons. The molecule has 0 saturated heterocycles. The zero-order valence-electron chi connectivity index (χ0n) is 11.7. The van der Waals surface area contributed by atoms with Gasteiger partial charge in [0.25, 0.3) is 5.91 Å². The molecule has 6 heteroatoms. The van der Waals surface area contributed by atoms with E-state index in [9.17, 15) is 4.79 Å². The third kappa shape index (κ3) is 5.54. The molecule has 5 nitrogen and oxygen atoms in total. The second kappa shape index (κ2) is 8.50. The Hall–Kier alpha value is -1.66. The highest BCUT2D eigenvalue weighted by Gasteiger charge is 2.09. The number of benzene rings is 1. The zero-order chi connectivity index (χ0) is 15.0. The number of nitrogens with two attached hydrogens (primary N) is 1. The molecular formula is C14H20N2O3S. The van der Waals surface area contributed by atoms with Crippen molar-refractivity contribution in [1.29, 1.82) is 0 Å². The third-order valence-electron chi connectivity index (χ3n) is 2.55. The van der Waals surface area contributed by atoms with E-state index in [2.05, 4.69) is 5.32 Å². The molecule has 1 aromatic carbocycles. The first-order valence-electron chi connectivity index (χ1n) is 6.44. The van der Waals surface area contributed by atoms with E-state index in [0.29, 0.717) is 24.5 Å². The fourth-order valence-corrected chi connectivity index (χ4v) is 1.76. The number of rotatable bonds is 8. The lowest BCUT2D eigenvalue weighted by Gasteiger charge is -2.13. The molecular weight excluding hydrogens is 276 g/mol. The monoisotopic (exact) mass is 296 g/mol. The summed E-state index contributed by atoms with van der Waals surface area (Å²) in [5.41, 5.74) is 6.21. The van der Waals surface area contributed by atoms with Crippen molar-refractivity contribution < 1.29 is 14.3 Å². The largest absolute Gasteiger partial charge is 0.483 e. The van der Waals surface area contributed by atoms with Gasteiger partial charge in [0.15, 0.2) is 6.61 Å². The predicted molar refractivity (Wildman–Crippen MR) is 81.9 cm³/mol. The summed E-state index contributed by atoms with van der Waals surface area (Å²) in [6, 6.07) is 7.09. The molecule has 0 bridgehead atoms. The predicted octanol–water partition coefficient (Wildman–Crippen LogP) is 1.24. The van der Waals surface area contributed by atoms with Crippen molar-refractivity contribution in [2.75, 3.05) is 19.8 Å².